The molecule has 0 bridgehead atoms. The molecule has 1 aliphatic rings. The molecule has 3 aromatic carbocycles. The molecule has 0 unspecified atom stereocenters. The molecule has 5 rings (SSSR count). The fourth-order valence-electron chi connectivity index (χ4n) is 4.01. The van der Waals surface area contributed by atoms with E-state index in [1.807, 2.05) is 30.3 Å². The Morgan fingerprint density at radius 3 is 2.52 bits per heavy atom. The van der Waals surface area contributed by atoms with E-state index in [0.29, 0.717) is 22.0 Å². The Labute approximate surface area is 165 Å². The number of hydrogen-bond donors (Lipinski definition) is 0. The number of nitrogens with zero attached hydrogens (tertiary/aromatic N) is 2. The monoisotopic (exact) mass is 384 g/mol. The van der Waals surface area contributed by atoms with Crippen molar-refractivity contribution < 1.29 is 19.1 Å². The van der Waals surface area contributed by atoms with E-state index in [9.17, 15) is 14.4 Å². The molecule has 0 radical (unpaired) electrons. The highest BCUT2D eigenvalue weighted by molar-refractivity contribution is 6.26. The average molecular weight is 384 g/mol. The lowest BCUT2D eigenvalue weighted by molar-refractivity contribution is 0.0602. The number of anilines is 1. The topological polar surface area (TPSA) is 68.6 Å². The standard InChI is InChI=1S/C23H16N2O4/c1-29-23(28)17-12-24(18-10-3-2-8-15(17)18)20(26)13-25-19-11-5-7-14-6-4-9-16(21(14)19)22(25)27/h2-12H,13H2,1H3. The third-order valence-electron chi connectivity index (χ3n) is 5.33. The van der Waals surface area contributed by atoms with Crippen molar-refractivity contribution in [3.8, 4) is 0 Å². The largest absolute Gasteiger partial charge is 0.465 e. The van der Waals surface area contributed by atoms with E-state index in [4.69, 9.17) is 4.74 Å². The molecule has 4 aromatic rings. The van der Waals surface area contributed by atoms with Gasteiger partial charge in [0.25, 0.3) is 11.8 Å². The van der Waals surface area contributed by atoms with Gasteiger partial charge in [-0.05, 0) is 23.6 Å². The molecule has 0 saturated heterocycles. The number of hydrogen-bond acceptors (Lipinski definition) is 4. The quantitative estimate of drug-likeness (QED) is 0.503. The average Bonchev–Trinajstić information content (AvgIpc) is 3.27. The van der Waals surface area contributed by atoms with Crippen molar-refractivity contribution in [1.82, 2.24) is 4.57 Å². The normalized spacial score (nSPS) is 12.7. The minimum atomic E-state index is -0.512. The summed E-state index contributed by atoms with van der Waals surface area (Å²) in [5.74, 6) is -1.02. The summed E-state index contributed by atoms with van der Waals surface area (Å²) >= 11 is 0. The minimum absolute atomic E-state index is 0.133. The summed E-state index contributed by atoms with van der Waals surface area (Å²) in [5.41, 5.74) is 2.23. The summed E-state index contributed by atoms with van der Waals surface area (Å²) in [6.07, 6.45) is 1.48. The van der Waals surface area contributed by atoms with Crippen molar-refractivity contribution in [2.45, 2.75) is 0 Å². The molecule has 6 nitrogen and oxygen atoms in total. The molecular formula is C23H16N2O4. The molecule has 0 fully saturated rings. The van der Waals surface area contributed by atoms with Gasteiger partial charge in [0.2, 0.25) is 0 Å². The molecule has 1 aliphatic heterocycles. The number of ether oxygens (including phenoxy) is 1. The van der Waals surface area contributed by atoms with E-state index >= 15 is 0 Å². The van der Waals surface area contributed by atoms with Crippen LogP contribution in [0.1, 0.15) is 25.5 Å². The lowest BCUT2D eigenvalue weighted by Gasteiger charge is -2.17. The molecule has 0 atom stereocenters. The number of rotatable bonds is 3. The summed E-state index contributed by atoms with van der Waals surface area (Å²) in [7, 11) is 1.30. The Balaban J connectivity index is 1.57. The van der Waals surface area contributed by atoms with Crippen LogP contribution in [0.25, 0.3) is 21.7 Å². The van der Waals surface area contributed by atoms with Crippen LogP contribution in [0.4, 0.5) is 5.69 Å². The molecule has 0 saturated carbocycles. The molecule has 142 valence electrons. The lowest BCUT2D eigenvalue weighted by atomic mass is 10.1. The molecule has 1 aromatic heterocycles. The van der Waals surface area contributed by atoms with Crippen LogP contribution >= 0.6 is 0 Å². The van der Waals surface area contributed by atoms with Gasteiger partial charge in [-0.1, -0.05) is 42.5 Å². The molecule has 29 heavy (non-hydrogen) atoms. The zero-order valence-electron chi connectivity index (χ0n) is 15.6. The number of fused-ring (bicyclic) bond motifs is 1. The highest BCUT2D eigenvalue weighted by Crippen LogP contribution is 2.37. The molecule has 0 spiro atoms. The van der Waals surface area contributed by atoms with Gasteiger partial charge in [0.05, 0.1) is 23.9 Å². The zero-order valence-corrected chi connectivity index (χ0v) is 15.6. The Kier molecular flexibility index (Phi) is 3.74. The van der Waals surface area contributed by atoms with Crippen LogP contribution < -0.4 is 4.90 Å². The predicted molar refractivity (Wildman–Crippen MR) is 110 cm³/mol. The van der Waals surface area contributed by atoms with Crippen LogP contribution in [0.15, 0.2) is 66.9 Å². The van der Waals surface area contributed by atoms with Crippen LogP contribution in [-0.2, 0) is 4.74 Å². The first kappa shape index (κ1) is 17.2. The molecule has 2 heterocycles. The second kappa shape index (κ2) is 6.31. The summed E-state index contributed by atoms with van der Waals surface area (Å²) < 4.78 is 6.26. The van der Waals surface area contributed by atoms with E-state index in [1.165, 1.54) is 22.8 Å². The number of aromatic nitrogens is 1. The van der Waals surface area contributed by atoms with Crippen molar-refractivity contribution in [3.05, 3.63) is 78.0 Å². The van der Waals surface area contributed by atoms with Gasteiger partial charge in [-0.2, -0.15) is 0 Å². The number of carbonyl (C=O) groups excluding carboxylic acids is 3. The second-order valence-corrected chi connectivity index (χ2v) is 6.89. The van der Waals surface area contributed by atoms with Gasteiger partial charge in [-0.25, -0.2) is 4.79 Å². The van der Waals surface area contributed by atoms with Gasteiger partial charge in [0, 0.05) is 22.5 Å². The van der Waals surface area contributed by atoms with E-state index < -0.39 is 5.97 Å². The van der Waals surface area contributed by atoms with E-state index in [0.717, 1.165) is 16.5 Å². The van der Waals surface area contributed by atoms with Crippen molar-refractivity contribution in [1.29, 1.82) is 0 Å². The molecule has 0 N–H and O–H groups in total. The maximum atomic E-state index is 13.2. The Bertz CT molecular complexity index is 1330. The molecule has 0 aliphatic carbocycles. The number of para-hydroxylation sites is 1. The molecular weight excluding hydrogens is 368 g/mol. The summed E-state index contributed by atoms with van der Waals surface area (Å²) in [5, 5.41) is 2.45. The zero-order chi connectivity index (χ0) is 20.1. The number of esters is 1. The number of benzene rings is 3. The van der Waals surface area contributed by atoms with Crippen molar-refractivity contribution in [3.63, 3.8) is 0 Å². The Morgan fingerprint density at radius 2 is 1.72 bits per heavy atom. The lowest BCUT2D eigenvalue weighted by Crippen LogP contribution is -2.34. The van der Waals surface area contributed by atoms with Crippen molar-refractivity contribution in [2.24, 2.45) is 0 Å². The smallest absolute Gasteiger partial charge is 0.340 e. The van der Waals surface area contributed by atoms with Crippen LogP contribution in [0.2, 0.25) is 0 Å². The van der Waals surface area contributed by atoms with Gasteiger partial charge < -0.3 is 4.74 Å². The second-order valence-electron chi connectivity index (χ2n) is 6.89. The van der Waals surface area contributed by atoms with Crippen molar-refractivity contribution in [2.75, 3.05) is 18.6 Å². The van der Waals surface area contributed by atoms with Gasteiger partial charge in [-0.15, -0.1) is 0 Å². The van der Waals surface area contributed by atoms with E-state index in [2.05, 4.69) is 0 Å². The fourth-order valence-corrected chi connectivity index (χ4v) is 4.01. The van der Waals surface area contributed by atoms with Crippen LogP contribution in [0.3, 0.4) is 0 Å². The van der Waals surface area contributed by atoms with Gasteiger partial charge in [0.1, 0.15) is 6.54 Å². The first-order valence-electron chi connectivity index (χ1n) is 9.15. The minimum Gasteiger partial charge on any atom is -0.465 e. The van der Waals surface area contributed by atoms with Crippen molar-refractivity contribution >= 4 is 45.1 Å². The first-order chi connectivity index (χ1) is 14.1. The van der Waals surface area contributed by atoms with E-state index in [1.54, 1.807) is 30.3 Å². The first-order valence-corrected chi connectivity index (χ1v) is 9.15. The van der Waals surface area contributed by atoms with Gasteiger partial charge >= 0.3 is 5.97 Å². The van der Waals surface area contributed by atoms with Crippen LogP contribution in [-0.4, -0.2) is 36.0 Å². The highest BCUT2D eigenvalue weighted by atomic mass is 16.5. The van der Waals surface area contributed by atoms with Crippen LogP contribution in [0, 0.1) is 0 Å². The number of carbonyl (C=O) groups is 3. The highest BCUT2D eigenvalue weighted by Gasteiger charge is 2.31. The van der Waals surface area contributed by atoms with Gasteiger partial charge in [0.15, 0.2) is 0 Å². The number of amides is 1. The fraction of sp³-hybridized carbons (Fsp3) is 0.0870. The number of methoxy groups -OCH3 is 1. The third kappa shape index (κ3) is 2.46. The van der Waals surface area contributed by atoms with Crippen LogP contribution in [0.5, 0.6) is 0 Å². The summed E-state index contributed by atoms with van der Waals surface area (Å²) in [4.78, 5) is 39.7. The Morgan fingerprint density at radius 1 is 0.966 bits per heavy atom. The SMILES string of the molecule is COC(=O)c1cn(C(=O)CN2C(=O)c3cccc4cccc2c34)c2ccccc12. The van der Waals surface area contributed by atoms with E-state index in [-0.39, 0.29) is 18.4 Å². The Hall–Kier alpha value is -3.93. The molecule has 6 heteroatoms. The maximum absolute atomic E-state index is 13.2. The maximum Gasteiger partial charge on any atom is 0.340 e. The predicted octanol–water partition coefficient (Wildman–Crippen LogP) is 3.88. The summed E-state index contributed by atoms with van der Waals surface area (Å²) in [6.45, 7) is -0.133. The van der Waals surface area contributed by atoms with Gasteiger partial charge in [-0.3, -0.25) is 19.1 Å². The third-order valence-corrected chi connectivity index (χ3v) is 5.33. The molecule has 1 amide bonds. The summed E-state index contributed by atoms with van der Waals surface area (Å²) in [6, 6.07) is 18.4.